The molecule has 0 radical (unpaired) electrons. The second kappa shape index (κ2) is 22.2. The van der Waals surface area contributed by atoms with E-state index >= 15 is 0 Å². The van der Waals surface area contributed by atoms with Gasteiger partial charge in [0.05, 0.1) is 33.0 Å². The van der Waals surface area contributed by atoms with Gasteiger partial charge >= 0.3 is 0 Å². The van der Waals surface area contributed by atoms with Crippen LogP contribution in [-0.2, 0) is 42.7 Å². The Kier molecular flexibility index (Phi) is 17.3. The van der Waals surface area contributed by atoms with E-state index in [1.807, 2.05) is 9.36 Å². The zero-order valence-corrected chi connectivity index (χ0v) is 39.0. The molecule has 0 bridgehead atoms. The quantitative estimate of drug-likeness (QED) is 0.0852. The van der Waals surface area contributed by atoms with E-state index in [0.717, 1.165) is 80.9 Å². The van der Waals surface area contributed by atoms with Crippen molar-refractivity contribution in [2.45, 2.75) is 121 Å². The molecule has 66 heavy (non-hydrogen) atoms. The molecule has 0 spiro atoms. The minimum atomic E-state index is -3.83. The predicted molar refractivity (Wildman–Crippen MR) is 255 cm³/mol. The Morgan fingerprint density at radius 1 is 0.682 bits per heavy atom. The van der Waals surface area contributed by atoms with Crippen molar-refractivity contribution in [3.8, 4) is 0 Å². The third kappa shape index (κ3) is 14.2. The lowest BCUT2D eigenvalue weighted by Gasteiger charge is -2.28. The Bertz CT molecular complexity index is 2870. The number of nitrogens with one attached hydrogen (secondary N) is 3. The first-order valence-electron chi connectivity index (χ1n) is 21.1. The average molecular weight is 968 g/mol. The number of aromatic nitrogens is 8. The summed E-state index contributed by atoms with van der Waals surface area (Å²) >= 11 is 4.64. The second-order valence-corrected chi connectivity index (χ2v) is 20.2. The minimum absolute atomic E-state index is 0. The van der Waals surface area contributed by atoms with Crippen LogP contribution in [0.25, 0.3) is 22.1 Å². The topological polar surface area (TPSA) is 304 Å². The van der Waals surface area contributed by atoms with Crippen LogP contribution in [0.1, 0.15) is 83.8 Å². The third-order valence-corrected chi connectivity index (χ3v) is 13.4. The molecule has 2 aromatic carbocycles. The fourth-order valence-electron chi connectivity index (χ4n) is 7.98. The molecular formula is C43H59ClN14O6S2. The normalized spacial score (nSPS) is 18.5. The van der Waals surface area contributed by atoms with Crippen LogP contribution >= 0.6 is 11.6 Å². The Labute approximate surface area is 390 Å². The number of rotatable bonds is 11. The molecule has 0 atom stereocenters. The largest absolute Gasteiger partial charge is 0.354 e. The Morgan fingerprint density at radius 2 is 1.08 bits per heavy atom. The molecule has 356 valence electrons. The number of nitrogens with zero attached hydrogens (tertiary/aromatic N) is 8. The summed E-state index contributed by atoms with van der Waals surface area (Å²) in [6.07, 6.45) is 15.1. The Hall–Kier alpha value is -5.65. The summed E-state index contributed by atoms with van der Waals surface area (Å²) in [6, 6.07) is 10.4. The standard InChI is InChI=1S/C21H27N7O3S.C19H25N7O2S.C2H3ClO.CH4/c1-13-3-6-18(9-19(13)32(22,30)31)26-21-23-10-16-11-24-28(20(16)27-21)12-15-4-7-17(8-5-15)25-14(2)29;1-12-2-7-16(8-17(12)29(21,27)28)24-19-22-9-14-10-23-26(18(14)25-19)11-13-3-5-15(20)6-4-13;1-2(3)4;/h3,6,9-11,15,17H,4-5,7-8,12H2,1-2H3,(H,25,29)(H2,22,30,31)(H,23,26,27);2,7-10,13,15H,3-6,11,20H2,1H3,(H2,21,27,28)(H,22,24,25);1H3;1H4. The van der Waals surface area contributed by atoms with Gasteiger partial charge in [-0.1, -0.05) is 19.6 Å². The average Bonchev–Trinajstić information content (AvgIpc) is 3.82. The molecule has 4 heterocycles. The van der Waals surface area contributed by atoms with E-state index in [-0.39, 0.29) is 34.4 Å². The molecule has 2 fully saturated rings. The Morgan fingerprint density at radius 3 is 1.45 bits per heavy atom. The van der Waals surface area contributed by atoms with Crippen LogP contribution in [0.3, 0.4) is 0 Å². The number of primary sulfonamides is 2. The van der Waals surface area contributed by atoms with Crippen molar-refractivity contribution in [3.63, 3.8) is 0 Å². The molecule has 23 heteroatoms. The summed E-state index contributed by atoms with van der Waals surface area (Å²) in [5, 5.41) is 30.0. The summed E-state index contributed by atoms with van der Waals surface area (Å²) in [5.41, 5.74) is 9.69. The number of anilines is 4. The lowest BCUT2D eigenvalue weighted by Crippen LogP contribution is -2.36. The maximum Gasteiger partial charge on any atom is 0.238 e. The molecule has 0 saturated heterocycles. The molecular weight excluding hydrogens is 908 g/mol. The maximum absolute atomic E-state index is 11.8. The number of aryl methyl sites for hydroxylation is 2. The first-order chi connectivity index (χ1) is 30.7. The molecule has 4 aromatic heterocycles. The van der Waals surface area contributed by atoms with Gasteiger partial charge in [-0.3, -0.25) is 9.59 Å². The van der Waals surface area contributed by atoms with Gasteiger partial charge in [0, 0.05) is 62.8 Å². The van der Waals surface area contributed by atoms with Crippen molar-refractivity contribution < 1.29 is 26.4 Å². The lowest BCUT2D eigenvalue weighted by atomic mass is 9.86. The fraction of sp³-hybridized carbons (Fsp3) is 0.442. The van der Waals surface area contributed by atoms with E-state index in [1.54, 1.807) is 69.8 Å². The highest BCUT2D eigenvalue weighted by atomic mass is 35.5. The van der Waals surface area contributed by atoms with Crippen LogP contribution in [0, 0.1) is 25.7 Å². The van der Waals surface area contributed by atoms with Crippen molar-refractivity contribution in [3.05, 3.63) is 72.3 Å². The molecule has 2 aliphatic carbocycles. The number of amides is 1. The van der Waals surface area contributed by atoms with E-state index in [9.17, 15) is 26.4 Å². The smallest absolute Gasteiger partial charge is 0.238 e. The predicted octanol–water partition coefficient (Wildman–Crippen LogP) is 5.67. The van der Waals surface area contributed by atoms with Gasteiger partial charge in [-0.2, -0.15) is 20.2 Å². The third-order valence-electron chi connectivity index (χ3n) is 11.3. The first kappa shape index (κ1) is 51.3. The molecule has 6 aromatic rings. The van der Waals surface area contributed by atoms with E-state index in [4.69, 9.17) is 16.0 Å². The summed E-state index contributed by atoms with van der Waals surface area (Å²) in [7, 11) is -7.63. The van der Waals surface area contributed by atoms with Crippen LogP contribution in [0.5, 0.6) is 0 Å². The number of sulfonamides is 2. The Balaban J connectivity index is 0.000000227. The number of nitrogens with two attached hydrogens (primary N) is 3. The highest BCUT2D eigenvalue weighted by molar-refractivity contribution is 7.89. The molecule has 2 saturated carbocycles. The van der Waals surface area contributed by atoms with E-state index in [2.05, 4.69) is 57.7 Å². The maximum atomic E-state index is 11.8. The summed E-state index contributed by atoms with van der Waals surface area (Å²) in [4.78, 5) is 38.4. The van der Waals surface area contributed by atoms with Crippen molar-refractivity contribution in [2.75, 3.05) is 10.6 Å². The molecule has 20 nitrogen and oxygen atoms in total. The summed E-state index contributed by atoms with van der Waals surface area (Å²) in [5.74, 6) is 1.74. The number of carbonyl (C=O) groups excluding carboxylic acids is 2. The number of benzene rings is 2. The van der Waals surface area contributed by atoms with Gasteiger partial charge in [-0.25, -0.2) is 46.4 Å². The number of hydrogen-bond donors (Lipinski definition) is 6. The number of fused-ring (bicyclic) bond motifs is 2. The van der Waals surface area contributed by atoms with Gasteiger partial charge in [-0.05, 0) is 124 Å². The van der Waals surface area contributed by atoms with Gasteiger partial charge in [0.1, 0.15) is 0 Å². The molecule has 0 aliphatic heterocycles. The SMILES string of the molecule is C.CC(=O)Cl.CC(=O)NC1CCC(Cn2ncc3cnc(Nc4ccc(C)c(S(N)(=O)=O)c4)nc32)CC1.Cc1ccc(Nc2ncc3cnn(CC4CCC(N)CC4)c3n2)cc1S(N)(=O)=O. The van der Waals surface area contributed by atoms with E-state index in [0.29, 0.717) is 57.9 Å². The lowest BCUT2D eigenvalue weighted by molar-refractivity contribution is -0.120. The van der Waals surface area contributed by atoms with Crippen LogP contribution in [0.15, 0.2) is 71.0 Å². The first-order valence-corrected chi connectivity index (χ1v) is 24.6. The number of carbonyl (C=O) groups is 2. The summed E-state index contributed by atoms with van der Waals surface area (Å²) in [6.45, 7) is 7.78. The molecule has 1 amide bonds. The van der Waals surface area contributed by atoms with Crippen LogP contribution in [-0.4, -0.2) is 79.6 Å². The summed E-state index contributed by atoms with van der Waals surface area (Å²) < 4.78 is 50.9. The van der Waals surface area contributed by atoms with Crippen LogP contribution in [0.4, 0.5) is 23.3 Å². The zero-order chi connectivity index (χ0) is 47.1. The van der Waals surface area contributed by atoms with Gasteiger partial charge < -0.3 is 21.7 Å². The molecule has 0 unspecified atom stereocenters. The van der Waals surface area contributed by atoms with Crippen LogP contribution in [0.2, 0.25) is 0 Å². The number of hydrogen-bond acceptors (Lipinski definition) is 15. The monoisotopic (exact) mass is 966 g/mol. The highest BCUT2D eigenvalue weighted by Crippen LogP contribution is 2.29. The molecule has 8 rings (SSSR count). The molecule has 2 aliphatic rings. The van der Waals surface area contributed by atoms with E-state index < -0.39 is 20.0 Å². The van der Waals surface area contributed by atoms with Crippen molar-refractivity contribution in [2.24, 2.45) is 27.8 Å². The second-order valence-electron chi connectivity index (χ2n) is 16.6. The zero-order valence-electron chi connectivity index (χ0n) is 36.6. The van der Waals surface area contributed by atoms with Gasteiger partial charge in [0.25, 0.3) is 0 Å². The molecule has 9 N–H and O–H groups in total. The van der Waals surface area contributed by atoms with Crippen molar-refractivity contribution in [1.82, 2.24) is 44.8 Å². The highest BCUT2D eigenvalue weighted by Gasteiger charge is 2.24. The fourth-order valence-corrected chi connectivity index (χ4v) is 9.60. The van der Waals surface area contributed by atoms with Gasteiger partial charge in [-0.15, -0.1) is 0 Å². The van der Waals surface area contributed by atoms with Crippen molar-refractivity contribution in [1.29, 1.82) is 0 Å². The van der Waals surface area contributed by atoms with Crippen LogP contribution < -0.4 is 32.0 Å². The van der Waals surface area contributed by atoms with Crippen molar-refractivity contribution >= 4 is 88.1 Å². The van der Waals surface area contributed by atoms with E-state index in [1.165, 1.54) is 19.1 Å². The number of halogens is 1. The van der Waals surface area contributed by atoms with Gasteiger partial charge in [0.2, 0.25) is 43.1 Å². The van der Waals surface area contributed by atoms with Gasteiger partial charge in [0.15, 0.2) is 11.3 Å². The minimum Gasteiger partial charge on any atom is -0.354 e.